The summed E-state index contributed by atoms with van der Waals surface area (Å²) >= 11 is 1.16. The van der Waals surface area contributed by atoms with Gasteiger partial charge in [-0.25, -0.2) is 0 Å². The van der Waals surface area contributed by atoms with E-state index in [4.69, 9.17) is 0 Å². The van der Waals surface area contributed by atoms with Crippen LogP contribution in [0.1, 0.15) is 6.92 Å². The molecule has 0 fully saturated rings. The van der Waals surface area contributed by atoms with Gasteiger partial charge < -0.3 is 5.32 Å². The zero-order valence-electron chi connectivity index (χ0n) is 13.6. The van der Waals surface area contributed by atoms with Gasteiger partial charge in [-0.05, 0) is 35.5 Å². The van der Waals surface area contributed by atoms with Crippen LogP contribution in [0.25, 0.3) is 5.69 Å². The summed E-state index contributed by atoms with van der Waals surface area (Å²) in [6, 6.07) is 15.3. The minimum atomic E-state index is -0.566. The van der Waals surface area contributed by atoms with Crippen molar-refractivity contribution in [2.75, 3.05) is 5.32 Å². The van der Waals surface area contributed by atoms with E-state index in [2.05, 4.69) is 20.8 Å². The van der Waals surface area contributed by atoms with Crippen molar-refractivity contribution in [2.24, 2.45) is 0 Å². The second-order valence-corrected chi connectivity index (χ2v) is 6.54. The van der Waals surface area contributed by atoms with Crippen LogP contribution in [0.15, 0.2) is 59.8 Å². The molecule has 0 bridgehead atoms. The Kier molecular flexibility index (Phi) is 5.23. The van der Waals surface area contributed by atoms with Crippen LogP contribution in [0.3, 0.4) is 0 Å². The second-order valence-electron chi connectivity index (χ2n) is 5.23. The molecule has 9 nitrogen and oxygen atoms in total. The highest BCUT2D eigenvalue weighted by atomic mass is 32.2. The summed E-state index contributed by atoms with van der Waals surface area (Å²) in [5, 5.41) is 25.0. The maximum Gasteiger partial charge on any atom is 0.292 e. The first-order valence-electron chi connectivity index (χ1n) is 7.61. The molecule has 10 heteroatoms. The number of amides is 1. The van der Waals surface area contributed by atoms with Crippen molar-refractivity contribution in [3.05, 3.63) is 64.7 Å². The number of tetrazole rings is 1. The van der Waals surface area contributed by atoms with Crippen molar-refractivity contribution < 1.29 is 9.72 Å². The van der Waals surface area contributed by atoms with E-state index >= 15 is 0 Å². The van der Waals surface area contributed by atoms with Crippen LogP contribution in [-0.4, -0.2) is 36.3 Å². The number of carbonyl (C=O) groups excluding carboxylic acids is 1. The number of hydrogen-bond donors (Lipinski definition) is 1. The zero-order valence-corrected chi connectivity index (χ0v) is 14.5. The standard InChI is InChI=1S/C16H14N6O3S/c1-11(15(23)17-13-9-5-6-10-14(13)22(24)25)26-16-18-19-20-21(16)12-7-3-2-4-8-12/h2-11H,1H3,(H,17,23). The van der Waals surface area contributed by atoms with E-state index in [1.165, 1.54) is 16.8 Å². The molecule has 0 saturated heterocycles. The summed E-state index contributed by atoms with van der Waals surface area (Å²) in [5.74, 6) is -0.382. The van der Waals surface area contributed by atoms with Gasteiger partial charge in [0.25, 0.3) is 5.69 Å². The van der Waals surface area contributed by atoms with E-state index in [1.807, 2.05) is 30.3 Å². The number of benzene rings is 2. The summed E-state index contributed by atoms with van der Waals surface area (Å²) in [4.78, 5) is 22.9. The van der Waals surface area contributed by atoms with Gasteiger partial charge in [-0.3, -0.25) is 14.9 Å². The molecular formula is C16H14N6O3S. The normalized spacial score (nSPS) is 11.7. The summed E-state index contributed by atoms with van der Waals surface area (Å²) in [7, 11) is 0. The molecule has 1 unspecified atom stereocenters. The average molecular weight is 370 g/mol. The second kappa shape index (κ2) is 7.74. The van der Waals surface area contributed by atoms with E-state index < -0.39 is 10.2 Å². The highest BCUT2D eigenvalue weighted by Gasteiger charge is 2.22. The Morgan fingerprint density at radius 3 is 2.62 bits per heavy atom. The number of hydrogen-bond acceptors (Lipinski definition) is 7. The van der Waals surface area contributed by atoms with E-state index in [9.17, 15) is 14.9 Å². The minimum Gasteiger partial charge on any atom is -0.319 e. The number of thioether (sulfide) groups is 1. The third-order valence-corrected chi connectivity index (χ3v) is 4.48. The molecule has 0 aliphatic carbocycles. The van der Waals surface area contributed by atoms with Gasteiger partial charge in [-0.15, -0.1) is 5.10 Å². The number of nitrogens with one attached hydrogen (secondary N) is 1. The molecule has 1 amide bonds. The summed E-state index contributed by atoms with van der Waals surface area (Å²) in [6.07, 6.45) is 0. The minimum absolute atomic E-state index is 0.151. The Morgan fingerprint density at radius 2 is 1.88 bits per heavy atom. The predicted molar refractivity (Wildman–Crippen MR) is 96.2 cm³/mol. The molecule has 132 valence electrons. The molecule has 0 spiro atoms. The molecule has 26 heavy (non-hydrogen) atoms. The number of para-hydroxylation sites is 3. The number of nitrogens with zero attached hydrogens (tertiary/aromatic N) is 5. The number of aromatic nitrogens is 4. The Hall–Kier alpha value is -3.27. The molecule has 3 aromatic rings. The van der Waals surface area contributed by atoms with Crippen molar-refractivity contribution in [3.8, 4) is 5.69 Å². The van der Waals surface area contributed by atoms with E-state index in [1.54, 1.807) is 19.1 Å². The largest absolute Gasteiger partial charge is 0.319 e. The van der Waals surface area contributed by atoms with Gasteiger partial charge >= 0.3 is 0 Å². The Bertz CT molecular complexity index is 930. The van der Waals surface area contributed by atoms with Crippen LogP contribution >= 0.6 is 11.8 Å². The average Bonchev–Trinajstić information content (AvgIpc) is 3.10. The van der Waals surface area contributed by atoms with E-state index in [-0.39, 0.29) is 17.3 Å². The maximum atomic E-state index is 12.4. The molecule has 1 atom stereocenters. The molecule has 3 rings (SSSR count). The fourth-order valence-electron chi connectivity index (χ4n) is 2.17. The maximum absolute atomic E-state index is 12.4. The van der Waals surface area contributed by atoms with Crippen LogP contribution in [0.4, 0.5) is 11.4 Å². The fraction of sp³-hybridized carbons (Fsp3) is 0.125. The quantitative estimate of drug-likeness (QED) is 0.403. The topological polar surface area (TPSA) is 116 Å². The van der Waals surface area contributed by atoms with Crippen molar-refractivity contribution in [3.63, 3.8) is 0 Å². The summed E-state index contributed by atoms with van der Waals surface area (Å²) in [5.41, 5.74) is 0.760. The molecule has 1 aromatic heterocycles. The van der Waals surface area contributed by atoms with E-state index in [0.29, 0.717) is 5.16 Å². The van der Waals surface area contributed by atoms with Crippen molar-refractivity contribution in [1.29, 1.82) is 0 Å². The first-order valence-corrected chi connectivity index (χ1v) is 8.49. The fourth-order valence-corrected chi connectivity index (χ4v) is 2.98. The molecule has 0 saturated carbocycles. The first-order chi connectivity index (χ1) is 12.6. The highest BCUT2D eigenvalue weighted by molar-refractivity contribution is 8.00. The molecule has 2 aromatic carbocycles. The predicted octanol–water partition coefficient (Wildman–Crippen LogP) is 2.69. The molecule has 0 aliphatic heterocycles. The number of rotatable bonds is 6. The Labute approximate surface area is 152 Å². The SMILES string of the molecule is CC(Sc1nnnn1-c1ccccc1)C(=O)Nc1ccccc1[N+](=O)[O-]. The number of anilines is 1. The van der Waals surface area contributed by atoms with Crippen molar-refractivity contribution in [2.45, 2.75) is 17.3 Å². The number of nitro groups is 1. The number of nitro benzene ring substituents is 1. The Morgan fingerprint density at radius 1 is 1.19 bits per heavy atom. The smallest absolute Gasteiger partial charge is 0.292 e. The lowest BCUT2D eigenvalue weighted by atomic mass is 10.2. The van der Waals surface area contributed by atoms with Gasteiger partial charge in [0.2, 0.25) is 11.1 Å². The van der Waals surface area contributed by atoms with E-state index in [0.717, 1.165) is 17.4 Å². The first kappa shape index (κ1) is 17.5. The molecular weight excluding hydrogens is 356 g/mol. The van der Waals surface area contributed by atoms with Crippen LogP contribution in [0.5, 0.6) is 0 Å². The van der Waals surface area contributed by atoms with Gasteiger partial charge in [0.15, 0.2) is 0 Å². The van der Waals surface area contributed by atoms with Gasteiger partial charge in [0, 0.05) is 6.07 Å². The Balaban J connectivity index is 1.74. The van der Waals surface area contributed by atoms with Crippen molar-refractivity contribution >= 4 is 29.0 Å². The van der Waals surface area contributed by atoms with Crippen LogP contribution < -0.4 is 5.32 Å². The zero-order chi connectivity index (χ0) is 18.5. The van der Waals surface area contributed by atoms with Gasteiger partial charge in [-0.2, -0.15) is 4.68 Å². The lowest BCUT2D eigenvalue weighted by molar-refractivity contribution is -0.383. The molecule has 0 radical (unpaired) electrons. The highest BCUT2D eigenvalue weighted by Crippen LogP contribution is 2.27. The van der Waals surface area contributed by atoms with Crippen LogP contribution in [0, 0.1) is 10.1 Å². The van der Waals surface area contributed by atoms with Crippen LogP contribution in [-0.2, 0) is 4.79 Å². The summed E-state index contributed by atoms with van der Waals surface area (Å²) < 4.78 is 1.53. The molecule has 1 N–H and O–H groups in total. The third kappa shape index (κ3) is 3.86. The third-order valence-electron chi connectivity index (χ3n) is 3.45. The van der Waals surface area contributed by atoms with Crippen LogP contribution in [0.2, 0.25) is 0 Å². The van der Waals surface area contributed by atoms with Gasteiger partial charge in [0.1, 0.15) is 5.69 Å². The van der Waals surface area contributed by atoms with Crippen molar-refractivity contribution in [1.82, 2.24) is 20.2 Å². The van der Waals surface area contributed by atoms with Gasteiger partial charge in [0.05, 0.1) is 15.9 Å². The monoisotopic (exact) mass is 370 g/mol. The lowest BCUT2D eigenvalue weighted by Gasteiger charge is -2.11. The summed E-state index contributed by atoms with van der Waals surface area (Å²) in [6.45, 7) is 1.68. The number of carbonyl (C=O) groups is 1. The van der Waals surface area contributed by atoms with Gasteiger partial charge in [-0.1, -0.05) is 42.1 Å². The molecule has 0 aliphatic rings. The molecule has 1 heterocycles. The lowest BCUT2D eigenvalue weighted by Crippen LogP contribution is -2.23.